The van der Waals surface area contributed by atoms with Crippen LogP contribution >= 0.6 is 11.3 Å². The van der Waals surface area contributed by atoms with E-state index >= 15 is 0 Å². The van der Waals surface area contributed by atoms with Gasteiger partial charge in [0.1, 0.15) is 10.6 Å². The van der Waals surface area contributed by atoms with Gasteiger partial charge in [-0.05, 0) is 56.9 Å². The molecule has 3 aliphatic rings. The van der Waals surface area contributed by atoms with Crippen molar-refractivity contribution in [3.63, 3.8) is 0 Å². The molecule has 1 unspecified atom stereocenters. The molecule has 2 aliphatic heterocycles. The van der Waals surface area contributed by atoms with E-state index in [1.54, 1.807) is 11.3 Å². The molecule has 3 aromatic heterocycles. The molecule has 0 aromatic carbocycles. The number of rotatable bonds is 7. The Morgan fingerprint density at radius 2 is 2.00 bits per heavy atom. The largest absolute Gasteiger partial charge is 0.351 e. The Kier molecular flexibility index (Phi) is 4.98. The van der Waals surface area contributed by atoms with Crippen molar-refractivity contribution in [2.45, 2.75) is 69.6 Å². The molecule has 0 spiro atoms. The van der Waals surface area contributed by atoms with Crippen LogP contribution in [0.15, 0.2) is 17.5 Å². The minimum atomic E-state index is 0.264. The van der Waals surface area contributed by atoms with Crippen molar-refractivity contribution in [1.29, 1.82) is 0 Å². The fourth-order valence-corrected chi connectivity index (χ4v) is 5.88. The highest BCUT2D eigenvalue weighted by atomic mass is 32.1. The summed E-state index contributed by atoms with van der Waals surface area (Å²) in [5, 5.41) is 20.5. The first-order valence-electron chi connectivity index (χ1n) is 11.5. The second kappa shape index (κ2) is 8.00. The molecule has 6 rings (SSSR count). The molecule has 9 nitrogen and oxygen atoms in total. The van der Waals surface area contributed by atoms with E-state index in [2.05, 4.69) is 31.0 Å². The van der Waals surface area contributed by atoms with E-state index in [9.17, 15) is 4.79 Å². The topological polar surface area (TPSA) is 111 Å². The monoisotopic (exact) mass is 452 g/mol. The number of aromatic nitrogens is 4. The average Bonchev–Trinajstić information content (AvgIpc) is 3.20. The molecule has 1 aliphatic carbocycles. The highest BCUT2D eigenvalue weighted by Gasteiger charge is 2.43. The molecule has 168 valence electrons. The summed E-state index contributed by atoms with van der Waals surface area (Å²) in [5.74, 6) is 2.39. The minimum Gasteiger partial charge on any atom is -0.351 e. The second-order valence-electron chi connectivity index (χ2n) is 9.25. The summed E-state index contributed by atoms with van der Waals surface area (Å²) >= 11 is 1.60. The maximum Gasteiger partial charge on any atom is 0.237 e. The molecule has 2 saturated heterocycles. The number of thiophene rings is 1. The number of fused-ring (bicyclic) bond motifs is 3. The van der Waals surface area contributed by atoms with Gasteiger partial charge in [-0.2, -0.15) is 10.1 Å². The standard InChI is InChI=1S/C22H28N8OS/c1-12-8-18(29-28-12)25-20-17-6-7-32-21(17)27-22(26-20)24-14-9-15-4-5-16(10-14)30(15)19(31)11-23-13-2-3-13/h6-8,13-16,23H,2-5,9-11H2,1H3,(H3,24,25,26,27,28,29)/t14?,15-,16+. The highest BCUT2D eigenvalue weighted by Crippen LogP contribution is 2.37. The van der Waals surface area contributed by atoms with Crippen LogP contribution in [0, 0.1) is 6.92 Å². The molecular weight excluding hydrogens is 424 g/mol. The van der Waals surface area contributed by atoms with E-state index < -0.39 is 0 Å². The number of nitrogens with one attached hydrogen (secondary N) is 4. The SMILES string of the molecule is Cc1cc(Nc2nc(NC3C[C@H]4CC[C@@H](C3)N4C(=O)CNC3CC3)nc3sccc23)n[nH]1. The van der Waals surface area contributed by atoms with Gasteiger partial charge in [0.2, 0.25) is 11.9 Å². The van der Waals surface area contributed by atoms with Gasteiger partial charge in [-0.3, -0.25) is 9.89 Å². The Balaban J connectivity index is 1.16. The van der Waals surface area contributed by atoms with Gasteiger partial charge >= 0.3 is 0 Å². The van der Waals surface area contributed by atoms with Crippen LogP contribution in [0.1, 0.15) is 44.2 Å². The Morgan fingerprint density at radius 3 is 2.72 bits per heavy atom. The fourth-order valence-electron chi connectivity index (χ4n) is 5.11. The third kappa shape index (κ3) is 3.93. The zero-order valence-electron chi connectivity index (χ0n) is 18.1. The third-order valence-corrected chi connectivity index (χ3v) is 7.56. The molecule has 10 heteroatoms. The minimum absolute atomic E-state index is 0.264. The number of aryl methyl sites for hydroxylation is 1. The Hall–Kier alpha value is -2.72. The lowest BCUT2D eigenvalue weighted by Gasteiger charge is -2.39. The fraction of sp³-hybridized carbons (Fsp3) is 0.545. The van der Waals surface area contributed by atoms with Gasteiger partial charge in [-0.1, -0.05) is 0 Å². The van der Waals surface area contributed by atoms with E-state index in [0.717, 1.165) is 53.2 Å². The number of carbonyl (C=O) groups is 1. The molecule has 32 heavy (non-hydrogen) atoms. The number of anilines is 3. The molecule has 4 N–H and O–H groups in total. The number of carbonyl (C=O) groups excluding carboxylic acids is 1. The van der Waals surface area contributed by atoms with Crippen molar-refractivity contribution < 1.29 is 4.79 Å². The van der Waals surface area contributed by atoms with Crippen molar-refractivity contribution in [3.05, 3.63) is 23.2 Å². The lowest BCUT2D eigenvalue weighted by Crippen LogP contribution is -2.52. The summed E-state index contributed by atoms with van der Waals surface area (Å²) in [7, 11) is 0. The van der Waals surface area contributed by atoms with Crippen LogP contribution in [-0.2, 0) is 4.79 Å². The number of amides is 1. The van der Waals surface area contributed by atoms with E-state index in [-0.39, 0.29) is 11.9 Å². The first-order valence-corrected chi connectivity index (χ1v) is 12.4. The first kappa shape index (κ1) is 19.9. The molecule has 1 amide bonds. The van der Waals surface area contributed by atoms with Crippen LogP contribution in [0.2, 0.25) is 0 Å². The molecule has 2 bridgehead atoms. The summed E-state index contributed by atoms with van der Waals surface area (Å²) in [4.78, 5) is 25.4. The number of nitrogens with zero attached hydrogens (tertiary/aromatic N) is 4. The molecule has 0 radical (unpaired) electrons. The normalized spacial score (nSPS) is 24.8. The second-order valence-corrected chi connectivity index (χ2v) is 10.1. The maximum absolute atomic E-state index is 12.8. The third-order valence-electron chi connectivity index (χ3n) is 6.75. The number of piperidine rings is 1. The maximum atomic E-state index is 12.8. The summed E-state index contributed by atoms with van der Waals surface area (Å²) < 4.78 is 0. The highest BCUT2D eigenvalue weighted by molar-refractivity contribution is 7.16. The van der Waals surface area contributed by atoms with Gasteiger partial charge in [0, 0.05) is 35.9 Å². The molecule has 3 fully saturated rings. The van der Waals surface area contributed by atoms with Crippen LogP contribution in [0.4, 0.5) is 17.6 Å². The van der Waals surface area contributed by atoms with Gasteiger partial charge in [-0.15, -0.1) is 11.3 Å². The van der Waals surface area contributed by atoms with Crippen LogP contribution in [0.3, 0.4) is 0 Å². The van der Waals surface area contributed by atoms with E-state index in [0.29, 0.717) is 30.6 Å². The van der Waals surface area contributed by atoms with Crippen molar-refractivity contribution in [1.82, 2.24) is 30.4 Å². The number of H-pyrrole nitrogens is 1. The van der Waals surface area contributed by atoms with Gasteiger partial charge in [-0.25, -0.2) is 4.98 Å². The summed E-state index contributed by atoms with van der Waals surface area (Å²) in [6.45, 7) is 2.45. The van der Waals surface area contributed by atoms with Crippen LogP contribution in [0.25, 0.3) is 10.2 Å². The zero-order valence-corrected chi connectivity index (χ0v) is 18.9. The molecule has 3 atom stereocenters. The van der Waals surface area contributed by atoms with Crippen molar-refractivity contribution >= 4 is 45.0 Å². The predicted molar refractivity (Wildman–Crippen MR) is 125 cm³/mol. The van der Waals surface area contributed by atoms with E-state index in [1.807, 2.05) is 24.4 Å². The van der Waals surface area contributed by atoms with E-state index in [4.69, 9.17) is 9.97 Å². The number of hydrogen-bond acceptors (Lipinski definition) is 8. The van der Waals surface area contributed by atoms with Gasteiger partial charge in [0.15, 0.2) is 5.82 Å². The number of hydrogen-bond donors (Lipinski definition) is 4. The lowest BCUT2D eigenvalue weighted by atomic mass is 9.97. The summed E-state index contributed by atoms with van der Waals surface area (Å²) in [6.07, 6.45) is 6.48. The van der Waals surface area contributed by atoms with Crippen molar-refractivity contribution in [2.75, 3.05) is 17.2 Å². The van der Waals surface area contributed by atoms with Crippen LogP contribution < -0.4 is 16.0 Å². The smallest absolute Gasteiger partial charge is 0.237 e. The van der Waals surface area contributed by atoms with E-state index in [1.165, 1.54) is 12.8 Å². The molecule has 1 saturated carbocycles. The van der Waals surface area contributed by atoms with Crippen molar-refractivity contribution in [2.24, 2.45) is 0 Å². The van der Waals surface area contributed by atoms with Crippen LogP contribution in [0.5, 0.6) is 0 Å². The molecular formula is C22H28N8OS. The summed E-state index contributed by atoms with van der Waals surface area (Å²) in [6, 6.07) is 5.45. The van der Waals surface area contributed by atoms with Gasteiger partial charge < -0.3 is 20.9 Å². The van der Waals surface area contributed by atoms with Crippen molar-refractivity contribution in [3.8, 4) is 0 Å². The molecule has 5 heterocycles. The molecule has 3 aromatic rings. The number of aromatic amines is 1. The lowest BCUT2D eigenvalue weighted by molar-refractivity contribution is -0.134. The van der Waals surface area contributed by atoms with Gasteiger partial charge in [0.25, 0.3) is 0 Å². The Bertz CT molecular complexity index is 1120. The zero-order chi connectivity index (χ0) is 21.7. The Labute approximate surface area is 190 Å². The van der Waals surface area contributed by atoms with Crippen LogP contribution in [-0.4, -0.2) is 61.7 Å². The Morgan fingerprint density at radius 1 is 1.19 bits per heavy atom. The van der Waals surface area contributed by atoms with Gasteiger partial charge in [0.05, 0.1) is 11.9 Å². The average molecular weight is 453 g/mol. The summed E-state index contributed by atoms with van der Waals surface area (Å²) in [5.41, 5.74) is 0.991. The predicted octanol–water partition coefficient (Wildman–Crippen LogP) is 3.15. The quantitative estimate of drug-likeness (QED) is 0.436. The first-order chi connectivity index (χ1) is 15.6.